The van der Waals surface area contributed by atoms with Crippen LogP contribution in [-0.2, 0) is 0 Å². The van der Waals surface area contributed by atoms with E-state index < -0.39 is 0 Å². The largest absolute Gasteiger partial charge is 0.338 e. The van der Waals surface area contributed by atoms with Crippen LogP contribution in [0.15, 0.2) is 24.3 Å². The Kier molecular flexibility index (Phi) is 5.20. The SMILES string of the molecule is Cc1cc(C(=O)Nc2cccc(Cl)c2C)nc(N2CCN(C)CC2)n1. The number of likely N-dealkylation sites (N-methyl/N-ethyl adjacent to an activating group) is 1. The van der Waals surface area contributed by atoms with Crippen LogP contribution in [0.25, 0.3) is 0 Å². The van der Waals surface area contributed by atoms with Crippen molar-refractivity contribution in [2.75, 3.05) is 43.4 Å². The van der Waals surface area contributed by atoms with Gasteiger partial charge in [-0.2, -0.15) is 0 Å². The molecule has 1 aliphatic rings. The van der Waals surface area contributed by atoms with Crippen LogP contribution in [0.1, 0.15) is 21.7 Å². The fourth-order valence-corrected chi connectivity index (χ4v) is 2.92. The summed E-state index contributed by atoms with van der Waals surface area (Å²) in [6.07, 6.45) is 0. The molecule has 1 aromatic heterocycles. The molecule has 1 saturated heterocycles. The summed E-state index contributed by atoms with van der Waals surface area (Å²) in [5, 5.41) is 3.51. The predicted molar refractivity (Wildman–Crippen MR) is 101 cm³/mol. The first kappa shape index (κ1) is 17.6. The van der Waals surface area contributed by atoms with Gasteiger partial charge in [0.2, 0.25) is 5.95 Å². The summed E-state index contributed by atoms with van der Waals surface area (Å²) in [7, 11) is 2.10. The predicted octanol–water partition coefficient (Wildman–Crippen LogP) is 2.75. The molecule has 1 aliphatic heterocycles. The van der Waals surface area contributed by atoms with Crippen molar-refractivity contribution in [1.82, 2.24) is 14.9 Å². The van der Waals surface area contributed by atoms with Crippen molar-refractivity contribution >= 4 is 29.1 Å². The first-order valence-electron chi connectivity index (χ1n) is 8.29. The number of halogens is 1. The van der Waals surface area contributed by atoms with Crippen LogP contribution in [0.2, 0.25) is 5.02 Å². The lowest BCUT2D eigenvalue weighted by Gasteiger charge is -2.32. The summed E-state index contributed by atoms with van der Waals surface area (Å²) in [5.41, 5.74) is 2.66. The monoisotopic (exact) mass is 359 g/mol. The average Bonchev–Trinajstić information content (AvgIpc) is 2.59. The molecule has 0 radical (unpaired) electrons. The Morgan fingerprint density at radius 3 is 2.60 bits per heavy atom. The standard InChI is InChI=1S/C18H22ClN5O/c1-12-11-16(17(25)21-15-6-4-5-14(19)13(15)2)22-18(20-12)24-9-7-23(3)8-10-24/h4-6,11H,7-10H2,1-3H3,(H,21,25). The molecule has 1 aromatic carbocycles. The zero-order valence-electron chi connectivity index (χ0n) is 14.7. The quantitative estimate of drug-likeness (QED) is 0.913. The van der Waals surface area contributed by atoms with Gasteiger partial charge < -0.3 is 15.1 Å². The summed E-state index contributed by atoms with van der Waals surface area (Å²) in [6, 6.07) is 7.14. The smallest absolute Gasteiger partial charge is 0.274 e. The van der Waals surface area contributed by atoms with E-state index in [2.05, 4.69) is 32.1 Å². The molecule has 0 aliphatic carbocycles. The summed E-state index contributed by atoms with van der Waals surface area (Å²) in [6.45, 7) is 7.38. The van der Waals surface area contributed by atoms with Crippen LogP contribution in [0, 0.1) is 13.8 Å². The minimum absolute atomic E-state index is 0.258. The lowest BCUT2D eigenvalue weighted by molar-refractivity contribution is 0.102. The molecular weight excluding hydrogens is 338 g/mol. The lowest BCUT2D eigenvalue weighted by atomic mass is 10.2. The molecule has 6 nitrogen and oxygen atoms in total. The van der Waals surface area contributed by atoms with E-state index in [9.17, 15) is 4.79 Å². The van der Waals surface area contributed by atoms with Crippen molar-refractivity contribution in [3.8, 4) is 0 Å². The number of amides is 1. The highest BCUT2D eigenvalue weighted by Gasteiger charge is 2.19. The molecule has 0 atom stereocenters. The number of anilines is 2. The third-order valence-electron chi connectivity index (χ3n) is 4.38. The highest BCUT2D eigenvalue weighted by molar-refractivity contribution is 6.31. The number of aromatic nitrogens is 2. The zero-order chi connectivity index (χ0) is 18.0. The minimum Gasteiger partial charge on any atom is -0.338 e. The van der Waals surface area contributed by atoms with E-state index in [1.54, 1.807) is 12.1 Å². The number of hydrogen-bond donors (Lipinski definition) is 1. The van der Waals surface area contributed by atoms with Gasteiger partial charge in [-0.1, -0.05) is 17.7 Å². The molecule has 2 aromatic rings. The second kappa shape index (κ2) is 7.37. The molecule has 0 spiro atoms. The number of carbonyl (C=O) groups is 1. The highest BCUT2D eigenvalue weighted by atomic mass is 35.5. The van der Waals surface area contributed by atoms with Crippen LogP contribution in [0.4, 0.5) is 11.6 Å². The van der Waals surface area contributed by atoms with Crippen molar-refractivity contribution in [2.24, 2.45) is 0 Å². The molecule has 0 unspecified atom stereocenters. The molecule has 1 N–H and O–H groups in total. The maximum atomic E-state index is 12.6. The second-order valence-corrected chi connectivity index (χ2v) is 6.76. The molecule has 25 heavy (non-hydrogen) atoms. The van der Waals surface area contributed by atoms with Gasteiger partial charge in [-0.15, -0.1) is 0 Å². The summed E-state index contributed by atoms with van der Waals surface area (Å²) in [5.74, 6) is 0.354. The summed E-state index contributed by atoms with van der Waals surface area (Å²) < 4.78 is 0. The Labute approximate surface area is 152 Å². The number of aryl methyl sites for hydroxylation is 1. The van der Waals surface area contributed by atoms with E-state index in [0.29, 0.717) is 22.4 Å². The highest BCUT2D eigenvalue weighted by Crippen LogP contribution is 2.23. The van der Waals surface area contributed by atoms with Crippen molar-refractivity contribution in [1.29, 1.82) is 0 Å². The number of rotatable bonds is 3. The van der Waals surface area contributed by atoms with Crippen LogP contribution >= 0.6 is 11.6 Å². The Morgan fingerprint density at radius 1 is 1.16 bits per heavy atom. The number of carbonyl (C=O) groups excluding carboxylic acids is 1. The van der Waals surface area contributed by atoms with E-state index in [-0.39, 0.29) is 5.91 Å². The van der Waals surface area contributed by atoms with Crippen LogP contribution in [-0.4, -0.2) is 54.0 Å². The van der Waals surface area contributed by atoms with Crippen LogP contribution in [0.3, 0.4) is 0 Å². The third kappa shape index (κ3) is 4.08. The number of nitrogens with one attached hydrogen (secondary N) is 1. The fraction of sp³-hybridized carbons (Fsp3) is 0.389. The van der Waals surface area contributed by atoms with Crippen LogP contribution in [0.5, 0.6) is 0 Å². The summed E-state index contributed by atoms with van der Waals surface area (Å²) >= 11 is 6.12. The first-order valence-corrected chi connectivity index (χ1v) is 8.67. The van der Waals surface area contributed by atoms with E-state index >= 15 is 0 Å². The van der Waals surface area contributed by atoms with Gasteiger partial charge in [0.25, 0.3) is 5.91 Å². The molecule has 0 bridgehead atoms. The number of nitrogens with zero attached hydrogens (tertiary/aromatic N) is 4. The molecule has 0 saturated carbocycles. The van der Waals surface area contributed by atoms with Gasteiger partial charge in [-0.25, -0.2) is 9.97 Å². The Balaban J connectivity index is 1.82. The maximum absolute atomic E-state index is 12.6. The van der Waals surface area contributed by atoms with Gasteiger partial charge in [0, 0.05) is 42.6 Å². The summed E-state index contributed by atoms with van der Waals surface area (Å²) in [4.78, 5) is 26.0. The zero-order valence-corrected chi connectivity index (χ0v) is 15.5. The topological polar surface area (TPSA) is 61.4 Å². The normalized spacial score (nSPS) is 15.3. The van der Waals surface area contributed by atoms with Crippen molar-refractivity contribution in [3.63, 3.8) is 0 Å². The maximum Gasteiger partial charge on any atom is 0.274 e. The van der Waals surface area contributed by atoms with Gasteiger partial charge in [0.05, 0.1) is 0 Å². The average molecular weight is 360 g/mol. The van der Waals surface area contributed by atoms with Gasteiger partial charge in [0.15, 0.2) is 0 Å². The molecule has 132 valence electrons. The van der Waals surface area contributed by atoms with Crippen LogP contribution < -0.4 is 10.2 Å². The minimum atomic E-state index is -0.258. The van der Waals surface area contributed by atoms with E-state index in [0.717, 1.165) is 37.4 Å². The second-order valence-electron chi connectivity index (χ2n) is 6.35. The van der Waals surface area contributed by atoms with E-state index in [1.165, 1.54) is 0 Å². The van der Waals surface area contributed by atoms with E-state index in [1.807, 2.05) is 26.0 Å². The van der Waals surface area contributed by atoms with Gasteiger partial charge >= 0.3 is 0 Å². The molecule has 2 heterocycles. The molecule has 3 rings (SSSR count). The molecular formula is C18H22ClN5O. The molecule has 1 fully saturated rings. The van der Waals surface area contributed by atoms with Gasteiger partial charge in [-0.3, -0.25) is 4.79 Å². The van der Waals surface area contributed by atoms with Crippen molar-refractivity contribution in [3.05, 3.63) is 46.2 Å². The van der Waals surface area contributed by atoms with Gasteiger partial charge in [0.1, 0.15) is 5.69 Å². The Morgan fingerprint density at radius 2 is 1.88 bits per heavy atom. The molecule has 1 amide bonds. The number of piperazine rings is 1. The third-order valence-corrected chi connectivity index (χ3v) is 4.79. The van der Waals surface area contributed by atoms with Crippen molar-refractivity contribution in [2.45, 2.75) is 13.8 Å². The van der Waals surface area contributed by atoms with Gasteiger partial charge in [-0.05, 0) is 44.7 Å². The fourth-order valence-electron chi connectivity index (χ4n) is 2.75. The number of benzene rings is 1. The lowest BCUT2D eigenvalue weighted by Crippen LogP contribution is -2.45. The van der Waals surface area contributed by atoms with E-state index in [4.69, 9.17) is 11.6 Å². The molecule has 7 heteroatoms. The number of hydrogen-bond acceptors (Lipinski definition) is 5. The Hall–Kier alpha value is -2.18. The Bertz CT molecular complexity index is 787. The first-order chi connectivity index (χ1) is 11.9. The van der Waals surface area contributed by atoms with Crippen molar-refractivity contribution < 1.29 is 4.79 Å².